The van der Waals surface area contributed by atoms with Crippen LogP contribution in [-0.4, -0.2) is 47.3 Å². The van der Waals surface area contributed by atoms with Gasteiger partial charge in [-0.05, 0) is 57.2 Å². The van der Waals surface area contributed by atoms with Crippen LogP contribution in [0.4, 0.5) is 11.4 Å². The number of carbonyl (C=O) groups is 1. The summed E-state index contributed by atoms with van der Waals surface area (Å²) in [5, 5.41) is 0.678. The largest absolute Gasteiger partial charge is 0.291 e. The van der Waals surface area contributed by atoms with Gasteiger partial charge in [0, 0.05) is 29.6 Å². The lowest BCUT2D eigenvalue weighted by Gasteiger charge is -2.37. The first-order valence-corrected chi connectivity index (χ1v) is 11.5. The van der Waals surface area contributed by atoms with Gasteiger partial charge in [0.15, 0.2) is 0 Å². The van der Waals surface area contributed by atoms with E-state index in [-0.39, 0.29) is 11.9 Å². The fraction of sp³-hybridized carbons (Fsp3) is 0.391. The van der Waals surface area contributed by atoms with E-state index in [4.69, 9.17) is 16.6 Å². The van der Waals surface area contributed by atoms with Crippen molar-refractivity contribution in [2.75, 3.05) is 29.5 Å². The summed E-state index contributed by atoms with van der Waals surface area (Å²) in [6.07, 6.45) is 0. The molecule has 29 heavy (non-hydrogen) atoms. The van der Waals surface area contributed by atoms with Gasteiger partial charge >= 0.3 is 0 Å². The van der Waals surface area contributed by atoms with E-state index in [1.165, 1.54) is 5.56 Å². The van der Waals surface area contributed by atoms with Crippen molar-refractivity contribution < 1.29 is 4.79 Å². The summed E-state index contributed by atoms with van der Waals surface area (Å²) in [5.74, 6) is 3.06. The molecule has 0 saturated carbocycles. The molecule has 2 saturated heterocycles. The quantitative estimate of drug-likeness (QED) is 0.677. The Morgan fingerprint density at radius 1 is 1.03 bits per heavy atom. The maximum atomic E-state index is 13.6. The first-order valence-electron chi connectivity index (χ1n) is 9.95. The monoisotopic (exact) mass is 427 g/mol. The number of benzene rings is 2. The SMILES string of the molecule is Cc1ccc(N2C(=O)C(C)(C)C(N3CCSCC3)C2=Nc2ccc(Cl)cc2)cc1. The Balaban J connectivity index is 1.84. The third-order valence-electron chi connectivity index (χ3n) is 5.68. The molecule has 6 heteroatoms. The highest BCUT2D eigenvalue weighted by atomic mass is 35.5. The van der Waals surface area contributed by atoms with Gasteiger partial charge in [0.05, 0.1) is 22.8 Å². The summed E-state index contributed by atoms with van der Waals surface area (Å²) in [6, 6.07) is 15.5. The van der Waals surface area contributed by atoms with Crippen molar-refractivity contribution in [3.05, 3.63) is 59.1 Å². The van der Waals surface area contributed by atoms with Crippen LogP contribution in [0.15, 0.2) is 53.5 Å². The van der Waals surface area contributed by atoms with Gasteiger partial charge in [-0.15, -0.1) is 0 Å². The summed E-state index contributed by atoms with van der Waals surface area (Å²) in [5.41, 5.74) is 2.29. The topological polar surface area (TPSA) is 35.9 Å². The minimum Gasteiger partial charge on any atom is -0.291 e. The second-order valence-corrected chi connectivity index (χ2v) is 9.86. The molecule has 1 unspecified atom stereocenters. The van der Waals surface area contributed by atoms with Gasteiger partial charge in [-0.1, -0.05) is 29.3 Å². The zero-order valence-electron chi connectivity index (χ0n) is 17.1. The number of halogens is 1. The first-order chi connectivity index (χ1) is 13.9. The van der Waals surface area contributed by atoms with Gasteiger partial charge in [0.25, 0.3) is 0 Å². The predicted octanol–water partition coefficient (Wildman–Crippen LogP) is 5.17. The number of anilines is 1. The van der Waals surface area contributed by atoms with Gasteiger partial charge in [-0.2, -0.15) is 11.8 Å². The molecule has 0 aromatic heterocycles. The molecule has 0 radical (unpaired) electrons. The van der Waals surface area contributed by atoms with E-state index in [1.807, 2.05) is 79.0 Å². The van der Waals surface area contributed by atoms with E-state index < -0.39 is 5.41 Å². The Labute approximate surface area is 181 Å². The minimum atomic E-state index is -0.557. The number of thioether (sulfide) groups is 1. The number of hydrogen-bond donors (Lipinski definition) is 0. The second kappa shape index (κ2) is 8.13. The lowest BCUT2D eigenvalue weighted by molar-refractivity contribution is -0.125. The molecular weight excluding hydrogens is 402 g/mol. The van der Waals surface area contributed by atoms with Crippen molar-refractivity contribution in [1.29, 1.82) is 0 Å². The lowest BCUT2D eigenvalue weighted by Crippen LogP contribution is -2.51. The Hall–Kier alpha value is -1.82. The maximum Gasteiger partial charge on any atom is 0.240 e. The second-order valence-electron chi connectivity index (χ2n) is 8.20. The molecular formula is C23H26ClN3OS. The zero-order valence-corrected chi connectivity index (χ0v) is 18.6. The Morgan fingerprint density at radius 2 is 1.66 bits per heavy atom. The van der Waals surface area contributed by atoms with Crippen LogP contribution >= 0.6 is 23.4 Å². The highest BCUT2D eigenvalue weighted by Crippen LogP contribution is 2.41. The number of rotatable bonds is 3. The predicted molar refractivity (Wildman–Crippen MR) is 124 cm³/mol. The smallest absolute Gasteiger partial charge is 0.240 e. The summed E-state index contributed by atoms with van der Waals surface area (Å²) >= 11 is 8.03. The molecule has 2 aliphatic heterocycles. The van der Waals surface area contributed by atoms with Crippen LogP contribution in [0.25, 0.3) is 0 Å². The van der Waals surface area contributed by atoms with Crippen molar-refractivity contribution in [3.8, 4) is 0 Å². The molecule has 1 amide bonds. The van der Waals surface area contributed by atoms with Crippen LogP contribution in [0.2, 0.25) is 5.02 Å². The van der Waals surface area contributed by atoms with E-state index in [1.54, 1.807) is 0 Å². The van der Waals surface area contributed by atoms with E-state index >= 15 is 0 Å². The average Bonchev–Trinajstić information content (AvgIpc) is 2.90. The van der Waals surface area contributed by atoms with Gasteiger partial charge in [-0.3, -0.25) is 14.6 Å². The van der Waals surface area contributed by atoms with E-state index in [2.05, 4.69) is 11.8 Å². The van der Waals surface area contributed by atoms with Crippen molar-refractivity contribution in [2.45, 2.75) is 26.8 Å². The van der Waals surface area contributed by atoms with Crippen molar-refractivity contribution >= 4 is 46.5 Å². The Bertz CT molecular complexity index is 918. The maximum absolute atomic E-state index is 13.6. The number of amides is 1. The zero-order chi connectivity index (χ0) is 20.6. The normalized spacial score (nSPS) is 23.7. The molecule has 1 atom stereocenters. The average molecular weight is 428 g/mol. The number of hydrogen-bond acceptors (Lipinski definition) is 4. The van der Waals surface area contributed by atoms with Crippen LogP contribution in [0.1, 0.15) is 19.4 Å². The van der Waals surface area contributed by atoms with Crippen molar-refractivity contribution in [3.63, 3.8) is 0 Å². The third kappa shape index (κ3) is 3.96. The molecule has 0 aliphatic carbocycles. The fourth-order valence-electron chi connectivity index (χ4n) is 4.11. The number of aryl methyl sites for hydroxylation is 1. The third-order valence-corrected chi connectivity index (χ3v) is 6.88. The summed E-state index contributed by atoms with van der Waals surface area (Å²) in [6.45, 7) is 8.08. The van der Waals surface area contributed by atoms with Crippen LogP contribution in [0.3, 0.4) is 0 Å². The molecule has 2 aliphatic rings. The van der Waals surface area contributed by atoms with E-state index in [0.29, 0.717) is 5.02 Å². The number of amidine groups is 1. The highest BCUT2D eigenvalue weighted by molar-refractivity contribution is 7.99. The van der Waals surface area contributed by atoms with Gasteiger partial charge < -0.3 is 0 Å². The Morgan fingerprint density at radius 3 is 2.28 bits per heavy atom. The lowest BCUT2D eigenvalue weighted by atomic mass is 9.85. The molecule has 0 bridgehead atoms. The molecule has 152 valence electrons. The molecule has 0 N–H and O–H groups in total. The molecule has 2 aromatic carbocycles. The Kier molecular flexibility index (Phi) is 5.74. The van der Waals surface area contributed by atoms with Crippen LogP contribution in [0.5, 0.6) is 0 Å². The molecule has 2 heterocycles. The molecule has 0 spiro atoms. The van der Waals surface area contributed by atoms with Crippen molar-refractivity contribution in [1.82, 2.24) is 4.90 Å². The van der Waals surface area contributed by atoms with Gasteiger partial charge in [0.2, 0.25) is 5.91 Å². The minimum absolute atomic E-state index is 0.0621. The van der Waals surface area contributed by atoms with Gasteiger partial charge in [0.1, 0.15) is 5.84 Å². The van der Waals surface area contributed by atoms with Gasteiger partial charge in [-0.25, -0.2) is 4.99 Å². The number of nitrogens with zero attached hydrogens (tertiary/aromatic N) is 3. The standard InChI is InChI=1S/C23H26ClN3OS/c1-16-4-10-19(11-5-16)27-21(25-18-8-6-17(24)7-9-18)20(23(2,3)22(27)28)26-12-14-29-15-13-26/h4-11,20H,12-15H2,1-3H3. The molecule has 2 aromatic rings. The van der Waals surface area contributed by atoms with E-state index in [0.717, 1.165) is 41.8 Å². The molecule has 4 rings (SSSR count). The number of aliphatic imine (C=N–C) groups is 1. The highest BCUT2D eigenvalue weighted by Gasteiger charge is 2.54. The first kappa shape index (κ1) is 20.5. The van der Waals surface area contributed by atoms with Crippen LogP contribution in [-0.2, 0) is 4.79 Å². The molecule has 4 nitrogen and oxygen atoms in total. The summed E-state index contributed by atoms with van der Waals surface area (Å²) < 4.78 is 0. The van der Waals surface area contributed by atoms with Crippen LogP contribution < -0.4 is 4.90 Å². The molecule has 2 fully saturated rings. The van der Waals surface area contributed by atoms with Crippen LogP contribution in [0, 0.1) is 12.3 Å². The number of carbonyl (C=O) groups excluding carboxylic acids is 1. The summed E-state index contributed by atoms with van der Waals surface area (Å²) in [4.78, 5) is 22.9. The van der Waals surface area contributed by atoms with E-state index in [9.17, 15) is 4.79 Å². The van der Waals surface area contributed by atoms with Crippen molar-refractivity contribution in [2.24, 2.45) is 10.4 Å². The summed E-state index contributed by atoms with van der Waals surface area (Å²) in [7, 11) is 0. The fourth-order valence-corrected chi connectivity index (χ4v) is 5.17.